The van der Waals surface area contributed by atoms with E-state index in [1.807, 2.05) is 0 Å². The maximum Gasteiger partial charge on any atom is 0.207 e. The fourth-order valence-corrected chi connectivity index (χ4v) is 0.709. The van der Waals surface area contributed by atoms with Crippen molar-refractivity contribution in [1.29, 1.82) is 0 Å². The minimum absolute atomic E-state index is 0.732. The second-order valence-corrected chi connectivity index (χ2v) is 2.13. The largest absolute Gasteiger partial charge is 0.385 e. The van der Waals surface area contributed by atoms with Gasteiger partial charge in [-0.15, -0.1) is 0 Å². The highest BCUT2D eigenvalue weighted by molar-refractivity contribution is 5.45. The average molecular weight is 145 g/mol. The quantitative estimate of drug-likeness (QED) is 0.419. The molecule has 0 aliphatic heterocycles. The summed E-state index contributed by atoms with van der Waals surface area (Å²) >= 11 is 0. The van der Waals surface area contributed by atoms with Crippen molar-refractivity contribution in [3.8, 4) is 0 Å². The highest BCUT2D eigenvalue weighted by atomic mass is 16.5. The van der Waals surface area contributed by atoms with E-state index in [0.29, 0.717) is 0 Å². The van der Waals surface area contributed by atoms with Gasteiger partial charge in [-0.2, -0.15) is 0 Å². The molecule has 0 unspecified atom stereocenters. The SMILES string of the molecule is COCCCCCNC=O. The van der Waals surface area contributed by atoms with Gasteiger partial charge in [-0.3, -0.25) is 4.79 Å². The van der Waals surface area contributed by atoms with Crippen LogP contribution in [0.3, 0.4) is 0 Å². The summed E-state index contributed by atoms with van der Waals surface area (Å²) in [5.41, 5.74) is 0. The molecule has 0 radical (unpaired) electrons. The summed E-state index contributed by atoms with van der Waals surface area (Å²) in [6.45, 7) is 1.61. The van der Waals surface area contributed by atoms with Gasteiger partial charge in [-0.1, -0.05) is 0 Å². The number of methoxy groups -OCH3 is 1. The zero-order valence-electron chi connectivity index (χ0n) is 6.43. The van der Waals surface area contributed by atoms with Crippen LogP contribution < -0.4 is 5.32 Å². The molecule has 0 fully saturated rings. The highest BCUT2D eigenvalue weighted by Crippen LogP contribution is 1.92. The Hall–Kier alpha value is -0.570. The molecule has 0 aliphatic rings. The van der Waals surface area contributed by atoms with Crippen molar-refractivity contribution in [2.24, 2.45) is 0 Å². The highest BCUT2D eigenvalue weighted by Gasteiger charge is 1.86. The van der Waals surface area contributed by atoms with Gasteiger partial charge in [0.05, 0.1) is 0 Å². The van der Waals surface area contributed by atoms with Crippen LogP contribution in [0.2, 0.25) is 0 Å². The molecule has 0 aromatic rings. The molecule has 0 atom stereocenters. The van der Waals surface area contributed by atoms with Crippen molar-refractivity contribution in [3.63, 3.8) is 0 Å². The van der Waals surface area contributed by atoms with E-state index >= 15 is 0 Å². The van der Waals surface area contributed by atoms with Crippen molar-refractivity contribution in [3.05, 3.63) is 0 Å². The fraction of sp³-hybridized carbons (Fsp3) is 0.857. The van der Waals surface area contributed by atoms with Crippen molar-refractivity contribution >= 4 is 6.41 Å². The van der Waals surface area contributed by atoms with E-state index in [0.717, 1.165) is 38.8 Å². The maximum absolute atomic E-state index is 9.76. The summed E-state index contributed by atoms with van der Waals surface area (Å²) in [5, 5.41) is 2.60. The third-order valence-corrected chi connectivity index (χ3v) is 1.25. The number of amides is 1. The summed E-state index contributed by atoms with van der Waals surface area (Å²) in [7, 11) is 1.70. The van der Waals surface area contributed by atoms with Gasteiger partial charge < -0.3 is 10.1 Å². The van der Waals surface area contributed by atoms with E-state index in [4.69, 9.17) is 4.74 Å². The molecule has 0 saturated heterocycles. The van der Waals surface area contributed by atoms with Gasteiger partial charge in [0.25, 0.3) is 0 Å². The number of hydrogen-bond acceptors (Lipinski definition) is 2. The predicted octanol–water partition coefficient (Wildman–Crippen LogP) is 0.549. The number of rotatable bonds is 7. The number of unbranched alkanes of at least 4 members (excludes halogenated alkanes) is 2. The minimum Gasteiger partial charge on any atom is -0.385 e. The van der Waals surface area contributed by atoms with E-state index in [-0.39, 0.29) is 0 Å². The molecule has 0 aromatic carbocycles. The third kappa shape index (κ3) is 7.43. The van der Waals surface area contributed by atoms with E-state index in [9.17, 15) is 4.79 Å². The first-order valence-electron chi connectivity index (χ1n) is 3.57. The second kappa shape index (κ2) is 8.43. The minimum atomic E-state index is 0.732. The number of hydrogen-bond donors (Lipinski definition) is 1. The van der Waals surface area contributed by atoms with Crippen LogP contribution in [0, 0.1) is 0 Å². The molecular weight excluding hydrogens is 130 g/mol. The van der Waals surface area contributed by atoms with Crippen LogP contribution in [-0.2, 0) is 9.53 Å². The maximum atomic E-state index is 9.76. The Morgan fingerprint density at radius 1 is 1.40 bits per heavy atom. The topological polar surface area (TPSA) is 38.3 Å². The van der Waals surface area contributed by atoms with Crippen LogP contribution in [0.1, 0.15) is 19.3 Å². The normalized spacial score (nSPS) is 9.30. The lowest BCUT2D eigenvalue weighted by Crippen LogP contribution is -2.11. The van der Waals surface area contributed by atoms with Crippen LogP contribution >= 0.6 is 0 Å². The van der Waals surface area contributed by atoms with Crippen molar-refractivity contribution < 1.29 is 9.53 Å². The molecule has 0 heterocycles. The van der Waals surface area contributed by atoms with Gasteiger partial charge in [0, 0.05) is 20.3 Å². The standard InChI is InChI=1S/C7H15NO2/c1-10-6-4-2-3-5-8-7-9/h7H,2-6H2,1H3,(H,8,9). The van der Waals surface area contributed by atoms with E-state index in [1.165, 1.54) is 0 Å². The van der Waals surface area contributed by atoms with Crippen molar-refractivity contribution in [2.75, 3.05) is 20.3 Å². The molecular formula is C7H15NO2. The monoisotopic (exact) mass is 145 g/mol. The average Bonchev–Trinajstić information content (AvgIpc) is 1.97. The lowest BCUT2D eigenvalue weighted by Gasteiger charge is -1.98. The summed E-state index contributed by atoms with van der Waals surface area (Å²) in [6, 6.07) is 0. The van der Waals surface area contributed by atoms with Gasteiger partial charge >= 0.3 is 0 Å². The summed E-state index contributed by atoms with van der Waals surface area (Å²) in [5.74, 6) is 0. The Balaban J connectivity index is 2.70. The summed E-state index contributed by atoms with van der Waals surface area (Å²) in [4.78, 5) is 9.76. The number of carbonyl (C=O) groups is 1. The first kappa shape index (κ1) is 9.43. The van der Waals surface area contributed by atoms with E-state index in [2.05, 4.69) is 5.32 Å². The van der Waals surface area contributed by atoms with Gasteiger partial charge in [-0.05, 0) is 19.3 Å². The van der Waals surface area contributed by atoms with Crippen LogP contribution in [-0.4, -0.2) is 26.7 Å². The Morgan fingerprint density at radius 3 is 2.80 bits per heavy atom. The van der Waals surface area contributed by atoms with Gasteiger partial charge in [0.15, 0.2) is 0 Å². The molecule has 3 heteroatoms. The number of ether oxygens (including phenoxy) is 1. The first-order chi connectivity index (χ1) is 4.91. The Kier molecular flexibility index (Phi) is 7.95. The fourth-order valence-electron chi connectivity index (χ4n) is 0.709. The van der Waals surface area contributed by atoms with Crippen LogP contribution in [0.4, 0.5) is 0 Å². The van der Waals surface area contributed by atoms with Crippen molar-refractivity contribution in [2.45, 2.75) is 19.3 Å². The Labute approximate surface area is 61.8 Å². The molecule has 1 N–H and O–H groups in total. The molecule has 0 rings (SSSR count). The Bertz CT molecular complexity index is 76.0. The number of nitrogens with one attached hydrogen (secondary N) is 1. The molecule has 1 amide bonds. The van der Waals surface area contributed by atoms with E-state index in [1.54, 1.807) is 7.11 Å². The zero-order valence-corrected chi connectivity index (χ0v) is 6.43. The molecule has 10 heavy (non-hydrogen) atoms. The zero-order chi connectivity index (χ0) is 7.66. The predicted molar refractivity (Wildman–Crippen MR) is 39.8 cm³/mol. The third-order valence-electron chi connectivity index (χ3n) is 1.25. The second-order valence-electron chi connectivity index (χ2n) is 2.13. The molecule has 0 saturated carbocycles. The van der Waals surface area contributed by atoms with Crippen molar-refractivity contribution in [1.82, 2.24) is 5.32 Å². The first-order valence-corrected chi connectivity index (χ1v) is 3.57. The lowest BCUT2D eigenvalue weighted by molar-refractivity contribution is -0.109. The Morgan fingerprint density at radius 2 is 2.20 bits per heavy atom. The van der Waals surface area contributed by atoms with E-state index < -0.39 is 0 Å². The molecule has 3 nitrogen and oxygen atoms in total. The molecule has 60 valence electrons. The smallest absolute Gasteiger partial charge is 0.207 e. The molecule has 0 bridgehead atoms. The van der Waals surface area contributed by atoms with Crippen LogP contribution in [0.5, 0.6) is 0 Å². The number of carbonyl (C=O) groups excluding carboxylic acids is 1. The molecule has 0 aliphatic carbocycles. The molecule has 0 spiro atoms. The lowest BCUT2D eigenvalue weighted by atomic mass is 10.2. The van der Waals surface area contributed by atoms with Crippen LogP contribution in [0.25, 0.3) is 0 Å². The summed E-state index contributed by atoms with van der Waals surface area (Å²) < 4.78 is 4.86. The van der Waals surface area contributed by atoms with Crippen LogP contribution in [0.15, 0.2) is 0 Å². The van der Waals surface area contributed by atoms with Gasteiger partial charge in [0.2, 0.25) is 6.41 Å². The molecule has 0 aromatic heterocycles. The summed E-state index contributed by atoms with van der Waals surface area (Å²) in [6.07, 6.45) is 3.98. The van der Waals surface area contributed by atoms with Gasteiger partial charge in [0.1, 0.15) is 0 Å². The van der Waals surface area contributed by atoms with Gasteiger partial charge in [-0.25, -0.2) is 0 Å².